The van der Waals surface area contributed by atoms with Gasteiger partial charge in [0.1, 0.15) is 0 Å². The third-order valence-electron chi connectivity index (χ3n) is 0.576. The van der Waals surface area contributed by atoms with E-state index in [0.717, 1.165) is 6.54 Å². The lowest BCUT2D eigenvalue weighted by atomic mass is 10.6. The molecule has 0 bridgehead atoms. The SMILES string of the molecule is CCNC=CCN. The minimum atomic E-state index is 0.618. The first kappa shape index (κ1) is 6.50. The van der Waals surface area contributed by atoms with E-state index in [1.54, 1.807) is 0 Å². The average molecular weight is 100 g/mol. The van der Waals surface area contributed by atoms with Crippen LogP contribution in [0.3, 0.4) is 0 Å². The van der Waals surface area contributed by atoms with Crippen molar-refractivity contribution < 1.29 is 0 Å². The van der Waals surface area contributed by atoms with Gasteiger partial charge in [0.2, 0.25) is 0 Å². The summed E-state index contributed by atoms with van der Waals surface area (Å²) >= 11 is 0. The number of nitrogens with two attached hydrogens (primary N) is 1. The molecular weight excluding hydrogens is 88.1 g/mol. The molecule has 0 saturated heterocycles. The fourth-order valence-corrected chi connectivity index (χ4v) is 0.269. The van der Waals surface area contributed by atoms with Gasteiger partial charge in [0.05, 0.1) is 0 Å². The summed E-state index contributed by atoms with van der Waals surface area (Å²) in [7, 11) is 0. The number of rotatable bonds is 3. The molecule has 0 aromatic carbocycles. The highest BCUT2D eigenvalue weighted by Gasteiger charge is 1.63. The van der Waals surface area contributed by atoms with Gasteiger partial charge in [0.15, 0.2) is 0 Å². The molecule has 0 radical (unpaired) electrons. The van der Waals surface area contributed by atoms with Crippen molar-refractivity contribution in [3.63, 3.8) is 0 Å². The van der Waals surface area contributed by atoms with Gasteiger partial charge < -0.3 is 11.1 Å². The second-order valence-electron chi connectivity index (χ2n) is 1.20. The normalized spacial score (nSPS) is 10.0. The van der Waals surface area contributed by atoms with Gasteiger partial charge in [-0.25, -0.2) is 0 Å². The fraction of sp³-hybridized carbons (Fsp3) is 0.600. The molecule has 0 heterocycles. The van der Waals surface area contributed by atoms with Gasteiger partial charge in [0.25, 0.3) is 0 Å². The molecule has 42 valence electrons. The molecule has 0 fully saturated rings. The molecule has 0 aromatic heterocycles. The van der Waals surface area contributed by atoms with Gasteiger partial charge in [0, 0.05) is 13.1 Å². The summed E-state index contributed by atoms with van der Waals surface area (Å²) in [6, 6.07) is 0. The molecule has 0 spiro atoms. The standard InChI is InChI=1S/C5H12N2/c1-2-7-5-3-4-6/h3,5,7H,2,4,6H2,1H3. The quantitative estimate of drug-likeness (QED) is 0.526. The van der Waals surface area contributed by atoms with Crippen LogP contribution in [-0.4, -0.2) is 13.1 Å². The van der Waals surface area contributed by atoms with Crippen molar-refractivity contribution in [2.24, 2.45) is 5.73 Å². The highest BCUT2D eigenvalue weighted by atomic mass is 14.8. The fourth-order valence-electron chi connectivity index (χ4n) is 0.269. The van der Waals surface area contributed by atoms with E-state index in [9.17, 15) is 0 Å². The zero-order valence-electron chi connectivity index (χ0n) is 4.65. The number of nitrogens with one attached hydrogen (secondary N) is 1. The van der Waals surface area contributed by atoms with Crippen LogP contribution in [0.25, 0.3) is 0 Å². The minimum absolute atomic E-state index is 0.618. The van der Waals surface area contributed by atoms with Gasteiger partial charge in [-0.1, -0.05) is 6.08 Å². The Morgan fingerprint density at radius 3 is 2.86 bits per heavy atom. The number of hydrogen-bond acceptors (Lipinski definition) is 2. The third kappa shape index (κ3) is 5.50. The van der Waals surface area contributed by atoms with Crippen LogP contribution in [0, 0.1) is 0 Å². The Kier molecular flexibility index (Phi) is 5.11. The van der Waals surface area contributed by atoms with E-state index in [0.29, 0.717) is 6.54 Å². The van der Waals surface area contributed by atoms with E-state index in [1.807, 2.05) is 19.2 Å². The smallest absolute Gasteiger partial charge is 0.0124 e. The van der Waals surface area contributed by atoms with Crippen molar-refractivity contribution in [3.05, 3.63) is 12.3 Å². The molecule has 3 N–H and O–H groups in total. The van der Waals surface area contributed by atoms with Crippen LogP contribution < -0.4 is 11.1 Å². The molecule has 0 aliphatic heterocycles. The lowest BCUT2D eigenvalue weighted by Gasteiger charge is -1.87. The van der Waals surface area contributed by atoms with Gasteiger partial charge >= 0.3 is 0 Å². The predicted molar refractivity (Wildman–Crippen MR) is 31.9 cm³/mol. The Balaban J connectivity index is 2.78. The van der Waals surface area contributed by atoms with Crippen LogP contribution in [0.2, 0.25) is 0 Å². The molecule has 0 unspecified atom stereocenters. The molecule has 0 atom stereocenters. The Labute approximate surface area is 44.4 Å². The van der Waals surface area contributed by atoms with Crippen LogP contribution in [0.4, 0.5) is 0 Å². The summed E-state index contributed by atoms with van der Waals surface area (Å²) in [5.41, 5.74) is 5.14. The summed E-state index contributed by atoms with van der Waals surface area (Å²) in [4.78, 5) is 0. The maximum absolute atomic E-state index is 5.14. The monoisotopic (exact) mass is 100 g/mol. The average Bonchev–Trinajstić information content (AvgIpc) is 1.69. The van der Waals surface area contributed by atoms with E-state index >= 15 is 0 Å². The Bertz CT molecular complexity index is 50.0. The highest BCUT2D eigenvalue weighted by Crippen LogP contribution is 1.59. The molecule has 0 saturated carbocycles. The molecule has 0 aromatic rings. The summed E-state index contributed by atoms with van der Waals surface area (Å²) in [6.45, 7) is 3.63. The van der Waals surface area contributed by atoms with Gasteiger partial charge in [-0.3, -0.25) is 0 Å². The molecular formula is C5H12N2. The van der Waals surface area contributed by atoms with Crippen LogP contribution in [0.5, 0.6) is 0 Å². The van der Waals surface area contributed by atoms with E-state index in [2.05, 4.69) is 5.32 Å². The molecule has 0 aliphatic rings. The van der Waals surface area contributed by atoms with Crippen molar-refractivity contribution in [2.45, 2.75) is 6.92 Å². The lowest BCUT2D eigenvalue weighted by molar-refractivity contribution is 0.914. The Hall–Kier alpha value is -0.500. The first-order chi connectivity index (χ1) is 3.41. The predicted octanol–water partition coefficient (Wildman–Crippen LogP) is 0.0683. The maximum Gasteiger partial charge on any atom is 0.0124 e. The Morgan fingerprint density at radius 2 is 2.43 bits per heavy atom. The second-order valence-corrected chi connectivity index (χ2v) is 1.20. The second kappa shape index (κ2) is 5.50. The maximum atomic E-state index is 5.14. The first-order valence-corrected chi connectivity index (χ1v) is 2.50. The van der Waals surface area contributed by atoms with Gasteiger partial charge in [-0.05, 0) is 13.1 Å². The van der Waals surface area contributed by atoms with Crippen LogP contribution >= 0.6 is 0 Å². The molecule has 0 aliphatic carbocycles. The van der Waals surface area contributed by atoms with Crippen LogP contribution in [-0.2, 0) is 0 Å². The zero-order chi connectivity index (χ0) is 5.54. The minimum Gasteiger partial charge on any atom is -0.391 e. The van der Waals surface area contributed by atoms with Crippen molar-refractivity contribution in [1.29, 1.82) is 0 Å². The van der Waals surface area contributed by atoms with E-state index in [-0.39, 0.29) is 0 Å². The molecule has 7 heavy (non-hydrogen) atoms. The van der Waals surface area contributed by atoms with E-state index in [4.69, 9.17) is 5.73 Å². The molecule has 2 nitrogen and oxygen atoms in total. The first-order valence-electron chi connectivity index (χ1n) is 2.50. The summed E-state index contributed by atoms with van der Waals surface area (Å²) in [6.07, 6.45) is 3.74. The van der Waals surface area contributed by atoms with Crippen molar-refractivity contribution in [1.82, 2.24) is 5.32 Å². The van der Waals surface area contributed by atoms with Crippen molar-refractivity contribution in [3.8, 4) is 0 Å². The molecule has 0 amide bonds. The van der Waals surface area contributed by atoms with Gasteiger partial charge in [-0.2, -0.15) is 0 Å². The third-order valence-corrected chi connectivity index (χ3v) is 0.576. The zero-order valence-corrected chi connectivity index (χ0v) is 4.65. The lowest BCUT2D eigenvalue weighted by Crippen LogP contribution is -2.03. The molecule has 2 heteroatoms. The summed E-state index contributed by atoms with van der Waals surface area (Å²) < 4.78 is 0. The van der Waals surface area contributed by atoms with E-state index in [1.165, 1.54) is 0 Å². The summed E-state index contributed by atoms with van der Waals surface area (Å²) in [5.74, 6) is 0. The van der Waals surface area contributed by atoms with Gasteiger partial charge in [-0.15, -0.1) is 0 Å². The van der Waals surface area contributed by atoms with Crippen molar-refractivity contribution in [2.75, 3.05) is 13.1 Å². The highest BCUT2D eigenvalue weighted by molar-refractivity contribution is 4.78. The Morgan fingerprint density at radius 1 is 1.71 bits per heavy atom. The van der Waals surface area contributed by atoms with Crippen LogP contribution in [0.15, 0.2) is 12.3 Å². The molecule has 0 rings (SSSR count). The number of hydrogen-bond donors (Lipinski definition) is 2. The summed E-state index contributed by atoms with van der Waals surface area (Å²) in [5, 5.41) is 2.99. The topological polar surface area (TPSA) is 38.0 Å². The van der Waals surface area contributed by atoms with E-state index < -0.39 is 0 Å². The van der Waals surface area contributed by atoms with Crippen LogP contribution in [0.1, 0.15) is 6.92 Å². The van der Waals surface area contributed by atoms with Crippen molar-refractivity contribution >= 4 is 0 Å². The largest absolute Gasteiger partial charge is 0.391 e.